The highest BCUT2D eigenvalue weighted by atomic mass is 19.1. The fraction of sp³-hybridized carbons (Fsp3) is 0.150. The number of ether oxygens (including phenoxy) is 1. The Bertz CT molecular complexity index is 1180. The average Bonchev–Trinajstić information content (AvgIpc) is 3.22. The van der Waals surface area contributed by atoms with Crippen molar-refractivity contribution in [3.8, 4) is 22.4 Å². The van der Waals surface area contributed by atoms with Crippen molar-refractivity contribution in [1.29, 1.82) is 0 Å². The number of hydrogen-bond donors (Lipinski definition) is 0. The minimum atomic E-state index is -0.421. The summed E-state index contributed by atoms with van der Waals surface area (Å²) in [6, 6.07) is 7.94. The van der Waals surface area contributed by atoms with Gasteiger partial charge in [0.05, 0.1) is 24.1 Å². The van der Waals surface area contributed by atoms with Gasteiger partial charge in [0, 0.05) is 36.8 Å². The molecule has 0 aliphatic heterocycles. The van der Waals surface area contributed by atoms with E-state index in [1.54, 1.807) is 29.1 Å². The molecule has 0 saturated heterocycles. The minimum absolute atomic E-state index is 0.325. The number of nitrogens with zero attached hydrogens (tertiary/aromatic N) is 4. The van der Waals surface area contributed by atoms with Gasteiger partial charge >= 0.3 is 5.97 Å². The molecule has 7 heteroatoms. The molecule has 27 heavy (non-hydrogen) atoms. The van der Waals surface area contributed by atoms with Gasteiger partial charge in [-0.05, 0) is 42.8 Å². The molecule has 0 radical (unpaired) electrons. The molecule has 0 amide bonds. The summed E-state index contributed by atoms with van der Waals surface area (Å²) in [6.45, 7) is 1.89. The number of carbonyl (C=O) groups is 1. The topological polar surface area (TPSA) is 61.4 Å². The van der Waals surface area contributed by atoms with E-state index in [-0.39, 0.29) is 5.82 Å². The molecule has 0 saturated carbocycles. The fourth-order valence-corrected chi connectivity index (χ4v) is 3.18. The van der Waals surface area contributed by atoms with Crippen molar-refractivity contribution in [3.05, 3.63) is 66.0 Å². The normalized spacial score (nSPS) is 11.1. The smallest absolute Gasteiger partial charge is 0.338 e. The van der Waals surface area contributed by atoms with Crippen LogP contribution in [0.2, 0.25) is 0 Å². The maximum Gasteiger partial charge on any atom is 0.338 e. The number of benzene rings is 1. The number of methoxy groups -OCH3 is 1. The second-order valence-corrected chi connectivity index (χ2v) is 6.29. The molecule has 0 aliphatic carbocycles. The van der Waals surface area contributed by atoms with E-state index in [0.29, 0.717) is 16.9 Å². The molecule has 0 spiro atoms. The maximum absolute atomic E-state index is 14.0. The summed E-state index contributed by atoms with van der Waals surface area (Å²) in [6.07, 6.45) is 5.45. The van der Waals surface area contributed by atoms with Crippen LogP contribution in [0.3, 0.4) is 0 Å². The molecule has 0 unspecified atom stereocenters. The lowest BCUT2D eigenvalue weighted by atomic mass is 9.98. The first-order valence-electron chi connectivity index (χ1n) is 8.34. The Kier molecular flexibility index (Phi) is 3.99. The van der Waals surface area contributed by atoms with Crippen LogP contribution >= 0.6 is 0 Å². The predicted octanol–water partition coefficient (Wildman–Crippen LogP) is 3.64. The molecule has 4 rings (SSSR count). The Morgan fingerprint density at radius 3 is 2.63 bits per heavy atom. The summed E-state index contributed by atoms with van der Waals surface area (Å²) in [4.78, 5) is 16.4. The lowest BCUT2D eigenvalue weighted by Crippen LogP contribution is -2.01. The molecule has 0 N–H and O–H groups in total. The van der Waals surface area contributed by atoms with Gasteiger partial charge in [-0.3, -0.25) is 4.68 Å². The Morgan fingerprint density at radius 1 is 1.11 bits per heavy atom. The van der Waals surface area contributed by atoms with Crippen LogP contribution in [-0.2, 0) is 11.8 Å². The number of hydrogen-bond acceptors (Lipinski definition) is 4. The van der Waals surface area contributed by atoms with Crippen molar-refractivity contribution in [3.63, 3.8) is 0 Å². The molecule has 6 nitrogen and oxygen atoms in total. The highest BCUT2D eigenvalue weighted by molar-refractivity contribution is 5.90. The fourth-order valence-electron chi connectivity index (χ4n) is 3.18. The zero-order chi connectivity index (χ0) is 19.1. The number of carbonyl (C=O) groups excluding carboxylic acids is 1. The second-order valence-electron chi connectivity index (χ2n) is 6.29. The van der Waals surface area contributed by atoms with Crippen molar-refractivity contribution in [2.75, 3.05) is 7.11 Å². The molecule has 3 heterocycles. The second kappa shape index (κ2) is 6.35. The van der Waals surface area contributed by atoms with Gasteiger partial charge in [-0.2, -0.15) is 5.10 Å². The number of esters is 1. The Hall–Kier alpha value is -3.48. The van der Waals surface area contributed by atoms with Crippen LogP contribution in [0.25, 0.3) is 28.0 Å². The van der Waals surface area contributed by atoms with Gasteiger partial charge in [0.1, 0.15) is 11.5 Å². The first-order chi connectivity index (χ1) is 13.0. The Morgan fingerprint density at radius 2 is 1.93 bits per heavy atom. The van der Waals surface area contributed by atoms with Crippen LogP contribution in [0.5, 0.6) is 0 Å². The van der Waals surface area contributed by atoms with E-state index in [1.807, 2.05) is 30.8 Å². The number of aryl methyl sites for hydroxylation is 2. The molecule has 4 aromatic rings. The van der Waals surface area contributed by atoms with Crippen molar-refractivity contribution >= 4 is 11.6 Å². The van der Waals surface area contributed by atoms with E-state index in [1.165, 1.54) is 19.2 Å². The number of aromatic nitrogens is 4. The lowest BCUT2D eigenvalue weighted by molar-refractivity contribution is 0.0600. The summed E-state index contributed by atoms with van der Waals surface area (Å²) in [5.74, 6) is -0.746. The third-order valence-electron chi connectivity index (χ3n) is 4.44. The molecule has 3 aromatic heterocycles. The van der Waals surface area contributed by atoms with Crippen molar-refractivity contribution < 1.29 is 13.9 Å². The van der Waals surface area contributed by atoms with Crippen LogP contribution in [0, 0.1) is 12.7 Å². The molecular weight excluding hydrogens is 347 g/mol. The van der Waals surface area contributed by atoms with E-state index < -0.39 is 5.97 Å². The predicted molar refractivity (Wildman–Crippen MR) is 98.9 cm³/mol. The highest BCUT2D eigenvalue weighted by Crippen LogP contribution is 2.34. The van der Waals surface area contributed by atoms with E-state index in [9.17, 15) is 9.18 Å². The van der Waals surface area contributed by atoms with Crippen LogP contribution in [0.15, 0.2) is 48.9 Å². The SMILES string of the molecule is COC(=O)c1ccn2cc(-c3ccc(F)cc3-c3cn(C)nc3C)nc2c1. The molecule has 0 bridgehead atoms. The maximum atomic E-state index is 14.0. The van der Waals surface area contributed by atoms with Gasteiger partial charge in [-0.1, -0.05) is 0 Å². The zero-order valence-corrected chi connectivity index (χ0v) is 15.1. The number of fused-ring (bicyclic) bond motifs is 1. The van der Waals surface area contributed by atoms with Gasteiger partial charge in [0.2, 0.25) is 0 Å². The van der Waals surface area contributed by atoms with Gasteiger partial charge in [0.25, 0.3) is 0 Å². The summed E-state index contributed by atoms with van der Waals surface area (Å²) in [5, 5.41) is 4.35. The van der Waals surface area contributed by atoms with Gasteiger partial charge in [-0.25, -0.2) is 14.2 Å². The van der Waals surface area contributed by atoms with E-state index in [4.69, 9.17) is 4.74 Å². The Balaban J connectivity index is 1.88. The van der Waals surface area contributed by atoms with Crippen LogP contribution < -0.4 is 0 Å². The van der Waals surface area contributed by atoms with Crippen LogP contribution in [0.4, 0.5) is 4.39 Å². The minimum Gasteiger partial charge on any atom is -0.465 e. The first-order valence-corrected chi connectivity index (χ1v) is 8.34. The van der Waals surface area contributed by atoms with Gasteiger partial charge in [0.15, 0.2) is 0 Å². The monoisotopic (exact) mass is 364 g/mol. The number of pyridine rings is 1. The lowest BCUT2D eigenvalue weighted by Gasteiger charge is -2.07. The number of rotatable bonds is 3. The highest BCUT2D eigenvalue weighted by Gasteiger charge is 2.16. The van der Waals surface area contributed by atoms with E-state index in [2.05, 4.69) is 10.1 Å². The van der Waals surface area contributed by atoms with E-state index in [0.717, 1.165) is 22.4 Å². The summed E-state index contributed by atoms with van der Waals surface area (Å²) in [5.41, 5.74) is 4.86. The van der Waals surface area contributed by atoms with Crippen molar-refractivity contribution in [2.45, 2.75) is 6.92 Å². The molecule has 136 valence electrons. The molecule has 1 aromatic carbocycles. The zero-order valence-electron chi connectivity index (χ0n) is 15.1. The third-order valence-corrected chi connectivity index (χ3v) is 4.44. The first kappa shape index (κ1) is 17.0. The number of halogens is 1. The van der Waals surface area contributed by atoms with Gasteiger partial charge in [-0.15, -0.1) is 0 Å². The summed E-state index contributed by atoms with van der Waals surface area (Å²) in [7, 11) is 3.17. The van der Waals surface area contributed by atoms with Crippen molar-refractivity contribution in [2.24, 2.45) is 7.05 Å². The van der Waals surface area contributed by atoms with Crippen molar-refractivity contribution in [1.82, 2.24) is 19.2 Å². The quantitative estimate of drug-likeness (QED) is 0.521. The largest absolute Gasteiger partial charge is 0.465 e. The van der Waals surface area contributed by atoms with Gasteiger partial charge < -0.3 is 9.14 Å². The number of imidazole rings is 1. The Labute approximate surface area is 154 Å². The average molecular weight is 364 g/mol. The molecule has 0 atom stereocenters. The van der Waals surface area contributed by atoms with Crippen LogP contribution in [-0.4, -0.2) is 32.2 Å². The standard InChI is InChI=1S/C20H17FN4O2/c1-12-17(10-24(2)23-12)16-9-14(21)4-5-15(16)18-11-25-7-6-13(20(26)27-3)8-19(25)22-18/h4-11H,1-3H3. The molecule has 0 fully saturated rings. The van der Waals surface area contributed by atoms with E-state index >= 15 is 0 Å². The summed E-state index contributed by atoms with van der Waals surface area (Å²) < 4.78 is 22.2. The summed E-state index contributed by atoms with van der Waals surface area (Å²) >= 11 is 0. The third kappa shape index (κ3) is 2.97. The molecule has 0 aliphatic rings. The van der Waals surface area contributed by atoms with Crippen LogP contribution in [0.1, 0.15) is 16.1 Å². The molecular formula is C20H17FN4O2.